The summed E-state index contributed by atoms with van der Waals surface area (Å²) < 4.78 is 5.40. The molecule has 2 aliphatic rings. The standard InChI is InChI=1S/C22H26N4O4S/c1-13-6-7-24-9-15(13)3-5-19(28)25-21-20(23)17-4-2-14(8-18(17)31-21)12-30-22(29)26-10-16(27)11-26/h3,5-7,9,14,16,27H,2,4,8,10-12,23H2,1H3,(H,25,28)/b5-3+. The number of carbonyl (C=O) groups is 2. The van der Waals surface area contributed by atoms with E-state index in [2.05, 4.69) is 10.3 Å². The summed E-state index contributed by atoms with van der Waals surface area (Å²) in [6, 6.07) is 1.89. The zero-order valence-corrected chi connectivity index (χ0v) is 18.2. The molecule has 3 heterocycles. The summed E-state index contributed by atoms with van der Waals surface area (Å²) in [7, 11) is 0. The SMILES string of the molecule is Cc1ccncc1/C=C/C(=O)Nc1sc2c(c1N)CCC(COC(=O)N1CC(O)C1)C2. The zero-order chi connectivity index (χ0) is 22.0. The van der Waals surface area contributed by atoms with Crippen molar-refractivity contribution in [3.63, 3.8) is 0 Å². The molecule has 4 rings (SSSR count). The van der Waals surface area contributed by atoms with Crippen molar-refractivity contribution in [2.45, 2.75) is 32.3 Å². The van der Waals surface area contributed by atoms with Gasteiger partial charge in [0.25, 0.3) is 0 Å². The van der Waals surface area contributed by atoms with E-state index in [9.17, 15) is 14.7 Å². The number of aryl methyl sites for hydroxylation is 1. The second-order valence-electron chi connectivity index (χ2n) is 8.05. The van der Waals surface area contributed by atoms with E-state index in [0.717, 1.165) is 40.8 Å². The predicted octanol–water partition coefficient (Wildman–Crippen LogP) is 2.60. The van der Waals surface area contributed by atoms with E-state index in [4.69, 9.17) is 10.5 Å². The molecule has 0 bridgehead atoms. The van der Waals surface area contributed by atoms with Crippen molar-refractivity contribution in [2.24, 2.45) is 5.92 Å². The monoisotopic (exact) mass is 442 g/mol. The number of hydrogen-bond acceptors (Lipinski definition) is 7. The van der Waals surface area contributed by atoms with Crippen molar-refractivity contribution in [1.29, 1.82) is 0 Å². The van der Waals surface area contributed by atoms with Gasteiger partial charge in [0, 0.05) is 23.3 Å². The molecule has 1 unspecified atom stereocenters. The van der Waals surface area contributed by atoms with Crippen molar-refractivity contribution in [3.8, 4) is 0 Å². The second-order valence-corrected chi connectivity index (χ2v) is 9.15. The maximum atomic E-state index is 12.4. The largest absolute Gasteiger partial charge is 0.449 e. The fourth-order valence-electron chi connectivity index (χ4n) is 3.77. The van der Waals surface area contributed by atoms with Crippen LogP contribution < -0.4 is 11.1 Å². The number of aromatic nitrogens is 1. The summed E-state index contributed by atoms with van der Waals surface area (Å²) >= 11 is 1.49. The first-order valence-electron chi connectivity index (χ1n) is 10.3. The molecule has 4 N–H and O–H groups in total. The van der Waals surface area contributed by atoms with E-state index in [0.29, 0.717) is 30.4 Å². The Balaban J connectivity index is 1.33. The van der Waals surface area contributed by atoms with E-state index in [1.54, 1.807) is 18.5 Å². The lowest BCUT2D eigenvalue weighted by Gasteiger charge is -2.35. The number of pyridine rings is 1. The number of amides is 2. The minimum absolute atomic E-state index is 0.220. The van der Waals surface area contributed by atoms with Crippen LogP contribution in [0.5, 0.6) is 0 Å². The van der Waals surface area contributed by atoms with Crippen molar-refractivity contribution in [1.82, 2.24) is 9.88 Å². The summed E-state index contributed by atoms with van der Waals surface area (Å²) in [4.78, 5) is 31.0. The topological polar surface area (TPSA) is 118 Å². The number of thiophene rings is 1. The summed E-state index contributed by atoms with van der Waals surface area (Å²) in [5.41, 5.74) is 9.94. The fourth-order valence-corrected chi connectivity index (χ4v) is 5.05. The van der Waals surface area contributed by atoms with Crippen LogP contribution in [0.1, 0.15) is 28.0 Å². The van der Waals surface area contributed by atoms with E-state index >= 15 is 0 Å². The molecule has 164 valence electrons. The second kappa shape index (κ2) is 9.07. The molecule has 31 heavy (non-hydrogen) atoms. The number of nitrogens with one attached hydrogen (secondary N) is 1. The molecule has 0 spiro atoms. The number of β-amino-alcohol motifs (C(OH)–C–C–N with tert-alkyl or cyclic N) is 1. The molecule has 2 aromatic heterocycles. The van der Waals surface area contributed by atoms with Gasteiger partial charge in [-0.2, -0.15) is 0 Å². The van der Waals surface area contributed by atoms with Crippen molar-refractivity contribution in [3.05, 3.63) is 46.1 Å². The summed E-state index contributed by atoms with van der Waals surface area (Å²) in [6.45, 7) is 2.99. The number of likely N-dealkylation sites (tertiary alicyclic amines) is 1. The van der Waals surface area contributed by atoms with Gasteiger partial charge in [0.2, 0.25) is 5.91 Å². The molecule has 0 saturated carbocycles. The highest BCUT2D eigenvalue weighted by Gasteiger charge is 2.31. The van der Waals surface area contributed by atoms with Gasteiger partial charge in [-0.3, -0.25) is 9.78 Å². The average molecular weight is 443 g/mol. The number of aliphatic hydroxyl groups is 1. The Hall–Kier alpha value is -2.91. The minimum atomic E-state index is -0.434. The highest BCUT2D eigenvalue weighted by Crippen LogP contribution is 2.41. The van der Waals surface area contributed by atoms with Crippen molar-refractivity contribution >= 4 is 40.1 Å². The van der Waals surface area contributed by atoms with Crippen LogP contribution in [0.2, 0.25) is 0 Å². The Labute approximate surface area is 184 Å². The van der Waals surface area contributed by atoms with Gasteiger partial charge in [-0.1, -0.05) is 0 Å². The third-order valence-electron chi connectivity index (χ3n) is 5.70. The molecular formula is C22H26N4O4S. The molecule has 1 fully saturated rings. The van der Waals surface area contributed by atoms with E-state index < -0.39 is 6.10 Å². The fraction of sp³-hybridized carbons (Fsp3) is 0.409. The summed E-state index contributed by atoms with van der Waals surface area (Å²) in [5.74, 6) is -0.0199. The van der Waals surface area contributed by atoms with Crippen LogP contribution in [-0.2, 0) is 22.4 Å². The number of nitrogen functional groups attached to an aromatic ring is 1. The zero-order valence-electron chi connectivity index (χ0n) is 17.3. The van der Waals surface area contributed by atoms with Crippen LogP contribution in [0.25, 0.3) is 6.08 Å². The molecular weight excluding hydrogens is 416 g/mol. The van der Waals surface area contributed by atoms with Gasteiger partial charge in [0.05, 0.1) is 31.5 Å². The Bertz CT molecular complexity index is 1010. The van der Waals surface area contributed by atoms with E-state index in [1.807, 2.05) is 13.0 Å². The number of carbonyl (C=O) groups excluding carboxylic acids is 2. The first-order chi connectivity index (χ1) is 14.9. The molecule has 1 atom stereocenters. The van der Waals surface area contributed by atoms with Gasteiger partial charge < -0.3 is 25.8 Å². The smallest absolute Gasteiger partial charge is 0.409 e. The molecule has 8 nitrogen and oxygen atoms in total. The first-order valence-corrected chi connectivity index (χ1v) is 11.1. The molecule has 0 aromatic carbocycles. The molecule has 2 amide bonds. The lowest BCUT2D eigenvalue weighted by molar-refractivity contribution is -0.111. The predicted molar refractivity (Wildman–Crippen MR) is 120 cm³/mol. The number of fused-ring (bicyclic) bond motifs is 1. The Kier molecular flexibility index (Phi) is 6.24. The Morgan fingerprint density at radius 3 is 3.00 bits per heavy atom. The van der Waals surface area contributed by atoms with Crippen LogP contribution in [0.3, 0.4) is 0 Å². The molecule has 9 heteroatoms. The van der Waals surface area contributed by atoms with Crippen molar-refractivity contribution < 1.29 is 19.4 Å². The number of hydrogen-bond donors (Lipinski definition) is 3. The first kappa shape index (κ1) is 21.3. The van der Waals surface area contributed by atoms with Gasteiger partial charge in [0.1, 0.15) is 5.00 Å². The third-order valence-corrected chi connectivity index (χ3v) is 6.89. The lowest BCUT2D eigenvalue weighted by atomic mass is 9.89. The van der Waals surface area contributed by atoms with Gasteiger partial charge >= 0.3 is 6.09 Å². The van der Waals surface area contributed by atoms with Gasteiger partial charge in [-0.25, -0.2) is 4.79 Å². The van der Waals surface area contributed by atoms with Crippen LogP contribution in [0.4, 0.5) is 15.5 Å². The molecule has 1 aliphatic heterocycles. The number of ether oxygens (including phenoxy) is 1. The number of nitrogens with zero attached hydrogens (tertiary/aromatic N) is 2. The minimum Gasteiger partial charge on any atom is -0.449 e. The maximum absolute atomic E-state index is 12.4. The van der Waals surface area contributed by atoms with E-state index in [-0.39, 0.29) is 17.9 Å². The summed E-state index contributed by atoms with van der Waals surface area (Å²) in [6.07, 6.45) is 8.28. The number of aliphatic hydroxyl groups excluding tert-OH is 1. The normalized spacial score (nSPS) is 18.5. The highest BCUT2D eigenvalue weighted by atomic mass is 32.1. The molecule has 1 aliphatic carbocycles. The quantitative estimate of drug-likeness (QED) is 0.613. The van der Waals surface area contributed by atoms with Crippen LogP contribution in [-0.4, -0.2) is 52.8 Å². The molecule has 0 radical (unpaired) electrons. The highest BCUT2D eigenvalue weighted by molar-refractivity contribution is 7.17. The Morgan fingerprint density at radius 1 is 1.45 bits per heavy atom. The van der Waals surface area contributed by atoms with Gasteiger partial charge in [-0.05, 0) is 60.9 Å². The summed E-state index contributed by atoms with van der Waals surface area (Å²) in [5, 5.41) is 12.8. The number of rotatable bonds is 5. The van der Waals surface area contributed by atoms with E-state index in [1.165, 1.54) is 22.3 Å². The number of anilines is 2. The van der Waals surface area contributed by atoms with Crippen LogP contribution >= 0.6 is 11.3 Å². The Morgan fingerprint density at radius 2 is 2.26 bits per heavy atom. The third kappa shape index (κ3) is 4.88. The van der Waals surface area contributed by atoms with Crippen LogP contribution in [0, 0.1) is 12.8 Å². The molecule has 1 saturated heterocycles. The van der Waals surface area contributed by atoms with Gasteiger partial charge in [-0.15, -0.1) is 11.3 Å². The maximum Gasteiger partial charge on any atom is 0.409 e. The average Bonchev–Trinajstić information content (AvgIpc) is 3.03. The lowest BCUT2D eigenvalue weighted by Crippen LogP contribution is -2.53. The van der Waals surface area contributed by atoms with Gasteiger partial charge in [0.15, 0.2) is 0 Å². The van der Waals surface area contributed by atoms with Crippen molar-refractivity contribution in [2.75, 3.05) is 30.7 Å². The van der Waals surface area contributed by atoms with Crippen LogP contribution in [0.15, 0.2) is 24.5 Å². The number of nitrogens with two attached hydrogens (primary N) is 1. The molecule has 2 aromatic rings.